The van der Waals surface area contributed by atoms with E-state index in [0.29, 0.717) is 34.5 Å². The second kappa shape index (κ2) is 11.4. The molecule has 1 aliphatic rings. The Labute approximate surface area is 232 Å². The standard InChI is InChI=1S/C28H22BF6NO5/c1-15-25(17-10-19(27(30,31)32)13-20(11-17)28(33,34)35)41-26(38)36(15)14-18-12-21(29)6-7-23(18)40-22-5-3-4-16(8-22)9-24(37)39-2/h3-8,10-13,15,25H,9,14H2,1-2H3/t15-,25-/m1/s1. The van der Waals surface area contributed by atoms with Gasteiger partial charge in [-0.25, -0.2) is 4.79 Å². The average Bonchev–Trinajstić information content (AvgIpc) is 3.17. The normalized spacial score (nSPS) is 17.4. The van der Waals surface area contributed by atoms with Crippen LogP contribution in [-0.2, 0) is 39.6 Å². The second-order valence-corrected chi connectivity index (χ2v) is 9.38. The van der Waals surface area contributed by atoms with Crippen molar-refractivity contribution in [3.63, 3.8) is 0 Å². The number of hydrogen-bond acceptors (Lipinski definition) is 5. The number of alkyl halides is 6. The summed E-state index contributed by atoms with van der Waals surface area (Å²) >= 11 is 0. The third-order valence-corrected chi connectivity index (χ3v) is 6.46. The van der Waals surface area contributed by atoms with Crippen LogP contribution in [0.1, 0.15) is 40.8 Å². The molecule has 1 aliphatic heterocycles. The fourth-order valence-electron chi connectivity index (χ4n) is 4.39. The Morgan fingerprint density at radius 1 is 0.976 bits per heavy atom. The molecule has 1 fully saturated rings. The molecule has 4 rings (SSSR count). The summed E-state index contributed by atoms with van der Waals surface area (Å²) in [4.78, 5) is 25.6. The van der Waals surface area contributed by atoms with Crippen molar-refractivity contribution >= 4 is 25.4 Å². The first-order valence-corrected chi connectivity index (χ1v) is 12.1. The molecule has 0 spiro atoms. The van der Waals surface area contributed by atoms with Crippen molar-refractivity contribution < 1.29 is 50.1 Å². The Morgan fingerprint density at radius 3 is 2.24 bits per heavy atom. The molecule has 0 saturated carbocycles. The Hall–Kier alpha value is -4.16. The summed E-state index contributed by atoms with van der Waals surface area (Å²) in [5.41, 5.74) is -2.13. The molecular formula is C28H22BF6NO5. The SMILES string of the molecule is [B]c1ccc(Oc2cccc(CC(=O)OC)c2)c(CN2C(=O)O[C@@H](c3cc(C(F)(F)F)cc(C(F)(F)F)c3)[C@H]2C)c1. The summed E-state index contributed by atoms with van der Waals surface area (Å²) in [6, 6.07) is 11.4. The van der Waals surface area contributed by atoms with E-state index in [1.165, 1.54) is 20.1 Å². The molecule has 3 aromatic carbocycles. The van der Waals surface area contributed by atoms with Gasteiger partial charge in [-0.15, -0.1) is 0 Å². The fourth-order valence-corrected chi connectivity index (χ4v) is 4.39. The van der Waals surface area contributed by atoms with Gasteiger partial charge in [-0.1, -0.05) is 29.7 Å². The monoisotopic (exact) mass is 577 g/mol. The molecular weight excluding hydrogens is 555 g/mol. The van der Waals surface area contributed by atoms with Crippen molar-refractivity contribution in [2.24, 2.45) is 0 Å². The third-order valence-electron chi connectivity index (χ3n) is 6.46. The van der Waals surface area contributed by atoms with Crippen LogP contribution in [0.25, 0.3) is 0 Å². The smallest absolute Gasteiger partial charge is 0.416 e. The maximum Gasteiger partial charge on any atom is 0.416 e. The lowest BCUT2D eigenvalue weighted by molar-refractivity contribution is -0.143. The van der Waals surface area contributed by atoms with E-state index in [-0.39, 0.29) is 24.8 Å². The molecule has 13 heteroatoms. The van der Waals surface area contributed by atoms with Gasteiger partial charge in [0.25, 0.3) is 0 Å². The molecule has 1 saturated heterocycles. The molecule has 0 aliphatic carbocycles. The first-order valence-electron chi connectivity index (χ1n) is 12.1. The molecule has 6 nitrogen and oxygen atoms in total. The van der Waals surface area contributed by atoms with E-state index in [4.69, 9.17) is 17.3 Å². The van der Waals surface area contributed by atoms with Crippen LogP contribution in [0.4, 0.5) is 31.1 Å². The molecule has 1 heterocycles. The summed E-state index contributed by atoms with van der Waals surface area (Å²) in [5.74, 6) is 0.182. The number of benzene rings is 3. The highest BCUT2D eigenvalue weighted by molar-refractivity contribution is 6.32. The molecule has 0 aromatic heterocycles. The first kappa shape index (κ1) is 29.8. The molecule has 41 heavy (non-hydrogen) atoms. The van der Waals surface area contributed by atoms with E-state index in [0.717, 1.165) is 4.90 Å². The number of carbonyl (C=O) groups excluding carboxylic acids is 2. The number of carbonyl (C=O) groups is 2. The van der Waals surface area contributed by atoms with Crippen LogP contribution < -0.4 is 10.2 Å². The fraction of sp³-hybridized carbons (Fsp3) is 0.286. The molecule has 0 N–H and O–H groups in total. The zero-order chi connectivity index (χ0) is 30.1. The molecule has 0 bridgehead atoms. The zero-order valence-corrected chi connectivity index (χ0v) is 21.7. The van der Waals surface area contributed by atoms with Gasteiger partial charge in [-0.05, 0) is 54.4 Å². The van der Waals surface area contributed by atoms with Crippen molar-refractivity contribution in [1.29, 1.82) is 0 Å². The maximum atomic E-state index is 13.4. The topological polar surface area (TPSA) is 65.1 Å². The quantitative estimate of drug-likeness (QED) is 0.193. The lowest BCUT2D eigenvalue weighted by Gasteiger charge is -2.23. The molecule has 0 unspecified atom stereocenters. The summed E-state index contributed by atoms with van der Waals surface area (Å²) in [6.45, 7) is 1.27. The molecule has 3 aromatic rings. The van der Waals surface area contributed by atoms with Gasteiger partial charge >= 0.3 is 24.4 Å². The number of methoxy groups -OCH3 is 1. The van der Waals surface area contributed by atoms with E-state index in [2.05, 4.69) is 4.74 Å². The van der Waals surface area contributed by atoms with Crippen LogP contribution in [0, 0.1) is 0 Å². The highest BCUT2D eigenvalue weighted by Crippen LogP contribution is 2.41. The zero-order valence-electron chi connectivity index (χ0n) is 21.7. The van der Waals surface area contributed by atoms with Gasteiger partial charge in [0.15, 0.2) is 0 Å². The van der Waals surface area contributed by atoms with Crippen molar-refractivity contribution in [3.8, 4) is 11.5 Å². The van der Waals surface area contributed by atoms with Crippen LogP contribution in [-0.4, -0.2) is 38.0 Å². The van der Waals surface area contributed by atoms with E-state index >= 15 is 0 Å². The first-order chi connectivity index (χ1) is 19.2. The van der Waals surface area contributed by atoms with Crippen LogP contribution in [0.3, 0.4) is 0 Å². The molecule has 2 radical (unpaired) electrons. The second-order valence-electron chi connectivity index (χ2n) is 9.38. The van der Waals surface area contributed by atoms with Gasteiger partial charge in [-0.3, -0.25) is 9.69 Å². The minimum Gasteiger partial charge on any atom is -0.469 e. The summed E-state index contributed by atoms with van der Waals surface area (Å²) in [7, 11) is 7.20. The number of rotatable bonds is 7. The van der Waals surface area contributed by atoms with Crippen LogP contribution in [0.5, 0.6) is 11.5 Å². The van der Waals surface area contributed by atoms with Gasteiger partial charge in [0.2, 0.25) is 0 Å². The van der Waals surface area contributed by atoms with Crippen molar-refractivity contribution in [2.45, 2.75) is 44.4 Å². The van der Waals surface area contributed by atoms with Crippen LogP contribution in [0.2, 0.25) is 0 Å². The number of ether oxygens (including phenoxy) is 3. The lowest BCUT2D eigenvalue weighted by Crippen LogP contribution is -2.32. The van der Waals surface area contributed by atoms with Crippen molar-refractivity contribution in [1.82, 2.24) is 4.90 Å². The minimum atomic E-state index is -5.05. The average molecular weight is 577 g/mol. The predicted octanol–water partition coefficient (Wildman–Crippen LogP) is 6.11. The number of nitrogens with zero attached hydrogens (tertiary/aromatic N) is 1. The van der Waals surface area contributed by atoms with Crippen LogP contribution >= 0.6 is 0 Å². The largest absolute Gasteiger partial charge is 0.469 e. The van der Waals surface area contributed by atoms with Gasteiger partial charge in [-0.2, -0.15) is 26.3 Å². The summed E-state index contributed by atoms with van der Waals surface area (Å²) < 4.78 is 96.3. The lowest BCUT2D eigenvalue weighted by atomic mass is 9.93. The van der Waals surface area contributed by atoms with Gasteiger partial charge < -0.3 is 14.2 Å². The van der Waals surface area contributed by atoms with E-state index in [1.54, 1.807) is 36.4 Å². The number of cyclic esters (lactones) is 1. The van der Waals surface area contributed by atoms with E-state index < -0.39 is 53.3 Å². The number of amides is 1. The van der Waals surface area contributed by atoms with E-state index in [9.17, 15) is 35.9 Å². The minimum absolute atomic E-state index is 0.00636. The van der Waals surface area contributed by atoms with Gasteiger partial charge in [0, 0.05) is 5.56 Å². The molecule has 1 amide bonds. The number of halogens is 6. The Morgan fingerprint density at radius 2 is 1.63 bits per heavy atom. The Bertz CT molecular complexity index is 1430. The Kier molecular flexibility index (Phi) is 8.28. The predicted molar refractivity (Wildman–Crippen MR) is 135 cm³/mol. The summed E-state index contributed by atoms with van der Waals surface area (Å²) in [6.07, 6.45) is -12.5. The molecule has 2 atom stereocenters. The van der Waals surface area contributed by atoms with Crippen molar-refractivity contribution in [3.05, 3.63) is 88.5 Å². The Balaban J connectivity index is 1.61. The number of hydrogen-bond donors (Lipinski definition) is 0. The van der Waals surface area contributed by atoms with Crippen LogP contribution in [0.15, 0.2) is 60.7 Å². The van der Waals surface area contributed by atoms with Crippen molar-refractivity contribution in [2.75, 3.05) is 7.11 Å². The maximum absolute atomic E-state index is 13.4. The summed E-state index contributed by atoms with van der Waals surface area (Å²) in [5, 5.41) is 0. The highest BCUT2D eigenvalue weighted by Gasteiger charge is 2.43. The molecule has 214 valence electrons. The van der Waals surface area contributed by atoms with Gasteiger partial charge in [0.1, 0.15) is 25.4 Å². The van der Waals surface area contributed by atoms with Gasteiger partial charge in [0.05, 0.1) is 37.2 Å². The third kappa shape index (κ3) is 6.95. The highest BCUT2D eigenvalue weighted by atomic mass is 19.4. The number of esters is 1. The van der Waals surface area contributed by atoms with E-state index in [1.807, 2.05) is 0 Å².